The lowest BCUT2D eigenvalue weighted by atomic mass is 10.0. The molecule has 5 nitrogen and oxygen atoms in total. The summed E-state index contributed by atoms with van der Waals surface area (Å²) in [7, 11) is 0. The third kappa shape index (κ3) is 8.61. The van der Waals surface area contributed by atoms with Gasteiger partial charge in [0.05, 0.1) is 0 Å². The van der Waals surface area contributed by atoms with Crippen molar-refractivity contribution in [2.45, 2.75) is 45.3 Å². The maximum Gasteiger partial charge on any atom is 0.261 e. The van der Waals surface area contributed by atoms with E-state index in [1.54, 1.807) is 41.3 Å². The van der Waals surface area contributed by atoms with E-state index >= 15 is 0 Å². The van der Waals surface area contributed by atoms with Gasteiger partial charge in [-0.25, -0.2) is 0 Å². The van der Waals surface area contributed by atoms with Gasteiger partial charge in [0.1, 0.15) is 11.8 Å². The van der Waals surface area contributed by atoms with Gasteiger partial charge in [-0.3, -0.25) is 9.59 Å². The quantitative estimate of drug-likeness (QED) is 0.386. The zero-order chi connectivity index (χ0) is 25.4. The minimum absolute atomic E-state index is 0.202. The summed E-state index contributed by atoms with van der Waals surface area (Å²) in [6.07, 6.45) is 0.353. The molecule has 0 fully saturated rings. The van der Waals surface area contributed by atoms with Crippen molar-refractivity contribution >= 4 is 35.0 Å². The first-order valence-corrected chi connectivity index (χ1v) is 12.1. The SMILES string of the molecule is CC(C)(C)NC(=O)[C@@H](Cc1ccccc1)N(Cc1cccc(Cl)c1)C(=O)COc1cccc(Cl)c1. The van der Waals surface area contributed by atoms with Crippen LogP contribution < -0.4 is 10.1 Å². The van der Waals surface area contributed by atoms with Gasteiger partial charge in [0, 0.05) is 28.5 Å². The van der Waals surface area contributed by atoms with Crippen LogP contribution in [-0.4, -0.2) is 34.9 Å². The van der Waals surface area contributed by atoms with Crippen LogP contribution in [0.15, 0.2) is 78.9 Å². The lowest BCUT2D eigenvalue weighted by Crippen LogP contribution is -2.55. The number of hydrogen-bond acceptors (Lipinski definition) is 3. The van der Waals surface area contributed by atoms with E-state index in [1.807, 2.05) is 63.2 Å². The predicted octanol–water partition coefficient (Wildman–Crippen LogP) is 5.93. The molecule has 0 saturated heterocycles. The third-order valence-corrected chi connectivity index (χ3v) is 5.64. The summed E-state index contributed by atoms with van der Waals surface area (Å²) in [5.74, 6) is -0.0817. The van der Waals surface area contributed by atoms with Gasteiger partial charge >= 0.3 is 0 Å². The highest BCUT2D eigenvalue weighted by molar-refractivity contribution is 6.30. The summed E-state index contributed by atoms with van der Waals surface area (Å²) in [6, 6.07) is 23.0. The van der Waals surface area contributed by atoms with Crippen molar-refractivity contribution in [2.24, 2.45) is 0 Å². The molecule has 7 heteroatoms. The Labute approximate surface area is 217 Å². The van der Waals surface area contributed by atoms with Crippen LogP contribution in [0.2, 0.25) is 10.0 Å². The lowest BCUT2D eigenvalue weighted by Gasteiger charge is -2.33. The Hall–Kier alpha value is -3.02. The maximum atomic E-state index is 13.5. The minimum Gasteiger partial charge on any atom is -0.484 e. The van der Waals surface area contributed by atoms with E-state index in [4.69, 9.17) is 27.9 Å². The second kappa shape index (κ2) is 12.1. The van der Waals surface area contributed by atoms with E-state index in [2.05, 4.69) is 5.32 Å². The fraction of sp³-hybridized carbons (Fsp3) is 0.286. The molecule has 184 valence electrons. The average molecular weight is 513 g/mol. The first-order valence-electron chi connectivity index (χ1n) is 11.4. The summed E-state index contributed by atoms with van der Waals surface area (Å²) in [5.41, 5.74) is 1.30. The molecule has 35 heavy (non-hydrogen) atoms. The van der Waals surface area contributed by atoms with Crippen LogP contribution >= 0.6 is 23.2 Å². The highest BCUT2D eigenvalue weighted by Crippen LogP contribution is 2.20. The molecule has 0 aliphatic heterocycles. The molecule has 0 heterocycles. The Balaban J connectivity index is 1.93. The number of benzene rings is 3. The molecule has 3 aromatic rings. The van der Waals surface area contributed by atoms with Gasteiger partial charge in [-0.15, -0.1) is 0 Å². The largest absolute Gasteiger partial charge is 0.484 e. The number of rotatable bonds is 9. The molecule has 0 saturated carbocycles. The summed E-state index contributed by atoms with van der Waals surface area (Å²) in [5, 5.41) is 4.11. The summed E-state index contributed by atoms with van der Waals surface area (Å²) >= 11 is 12.3. The monoisotopic (exact) mass is 512 g/mol. The molecule has 0 aliphatic rings. The van der Waals surface area contributed by atoms with Crippen LogP contribution in [0.4, 0.5) is 0 Å². The Kier molecular flexibility index (Phi) is 9.19. The van der Waals surface area contributed by atoms with E-state index in [-0.39, 0.29) is 25.0 Å². The van der Waals surface area contributed by atoms with Gasteiger partial charge < -0.3 is 15.0 Å². The van der Waals surface area contributed by atoms with Crippen LogP contribution in [0.25, 0.3) is 0 Å². The number of hydrogen-bond donors (Lipinski definition) is 1. The number of amides is 2. The van der Waals surface area contributed by atoms with Crippen LogP contribution in [0.5, 0.6) is 5.75 Å². The average Bonchev–Trinajstić information content (AvgIpc) is 2.79. The van der Waals surface area contributed by atoms with Crippen molar-refractivity contribution < 1.29 is 14.3 Å². The number of carbonyl (C=O) groups excluding carboxylic acids is 2. The summed E-state index contributed by atoms with van der Waals surface area (Å²) in [4.78, 5) is 28.6. The van der Waals surface area contributed by atoms with E-state index in [1.165, 1.54) is 0 Å². The smallest absolute Gasteiger partial charge is 0.261 e. The molecule has 0 radical (unpaired) electrons. The fourth-order valence-corrected chi connectivity index (χ4v) is 4.02. The van der Waals surface area contributed by atoms with Gasteiger partial charge in [0.15, 0.2) is 6.61 Å². The highest BCUT2D eigenvalue weighted by Gasteiger charge is 2.32. The number of ether oxygens (including phenoxy) is 1. The number of nitrogens with zero attached hydrogens (tertiary/aromatic N) is 1. The van der Waals surface area contributed by atoms with Crippen LogP contribution in [0.1, 0.15) is 31.9 Å². The Morgan fingerprint density at radius 2 is 1.51 bits per heavy atom. The lowest BCUT2D eigenvalue weighted by molar-refractivity contribution is -0.143. The van der Waals surface area contributed by atoms with Crippen molar-refractivity contribution in [3.8, 4) is 5.75 Å². The number of nitrogens with one attached hydrogen (secondary N) is 1. The van der Waals surface area contributed by atoms with Crippen molar-refractivity contribution in [2.75, 3.05) is 6.61 Å². The molecule has 0 aromatic heterocycles. The van der Waals surface area contributed by atoms with Gasteiger partial charge in [0.2, 0.25) is 5.91 Å². The van der Waals surface area contributed by atoms with Gasteiger partial charge in [-0.1, -0.05) is 71.7 Å². The predicted molar refractivity (Wildman–Crippen MR) is 141 cm³/mol. The van der Waals surface area contributed by atoms with E-state index in [0.29, 0.717) is 22.2 Å². The standard InChI is InChI=1S/C28H30Cl2N2O3/c1-28(2,3)31-27(34)25(16-20-9-5-4-6-10-20)32(18-21-11-7-12-22(29)15-21)26(33)19-35-24-14-8-13-23(30)17-24/h4-15,17,25H,16,18-19H2,1-3H3,(H,31,34)/t25-/m1/s1. The van der Waals surface area contributed by atoms with Gasteiger partial charge in [-0.2, -0.15) is 0 Å². The third-order valence-electron chi connectivity index (χ3n) is 5.17. The second-order valence-electron chi connectivity index (χ2n) is 9.34. The molecular formula is C28H30Cl2N2O3. The molecule has 0 unspecified atom stereocenters. The molecule has 1 atom stereocenters. The first-order chi connectivity index (χ1) is 16.6. The van der Waals surface area contributed by atoms with Crippen molar-refractivity contribution in [1.82, 2.24) is 10.2 Å². The topological polar surface area (TPSA) is 58.6 Å². The molecule has 0 bridgehead atoms. The van der Waals surface area contributed by atoms with Crippen molar-refractivity contribution in [1.29, 1.82) is 0 Å². The molecule has 2 amide bonds. The van der Waals surface area contributed by atoms with E-state index < -0.39 is 11.6 Å². The zero-order valence-corrected chi connectivity index (χ0v) is 21.6. The van der Waals surface area contributed by atoms with Crippen LogP contribution in [0, 0.1) is 0 Å². The Morgan fingerprint density at radius 3 is 2.14 bits per heavy atom. The molecule has 0 spiro atoms. The Morgan fingerprint density at radius 1 is 0.886 bits per heavy atom. The van der Waals surface area contributed by atoms with Crippen molar-refractivity contribution in [3.63, 3.8) is 0 Å². The number of carbonyl (C=O) groups is 2. The van der Waals surface area contributed by atoms with E-state index in [0.717, 1.165) is 11.1 Å². The van der Waals surface area contributed by atoms with Gasteiger partial charge in [0.25, 0.3) is 5.91 Å². The van der Waals surface area contributed by atoms with Gasteiger partial charge in [-0.05, 0) is 62.2 Å². The van der Waals surface area contributed by atoms with Crippen molar-refractivity contribution in [3.05, 3.63) is 100 Å². The zero-order valence-electron chi connectivity index (χ0n) is 20.1. The number of halogens is 2. The highest BCUT2D eigenvalue weighted by atomic mass is 35.5. The molecule has 1 N–H and O–H groups in total. The summed E-state index contributed by atoms with van der Waals surface area (Å²) < 4.78 is 5.74. The molecular weight excluding hydrogens is 483 g/mol. The molecule has 0 aliphatic carbocycles. The molecule has 3 rings (SSSR count). The Bertz CT molecular complexity index is 1150. The summed E-state index contributed by atoms with van der Waals surface area (Å²) in [6.45, 7) is 5.70. The van der Waals surface area contributed by atoms with Crippen LogP contribution in [-0.2, 0) is 22.6 Å². The molecule has 3 aromatic carbocycles. The maximum absolute atomic E-state index is 13.5. The normalized spacial score (nSPS) is 12.0. The van der Waals surface area contributed by atoms with E-state index in [9.17, 15) is 9.59 Å². The van der Waals surface area contributed by atoms with Crippen LogP contribution in [0.3, 0.4) is 0 Å². The first kappa shape index (κ1) is 26.6. The minimum atomic E-state index is -0.758. The fourth-order valence-electron chi connectivity index (χ4n) is 3.62. The second-order valence-corrected chi connectivity index (χ2v) is 10.2.